The van der Waals surface area contributed by atoms with E-state index >= 15 is 0 Å². The SMILES string of the molecule is CC(C)c1cncc(CC(C)c2cnccn2)n1. The molecule has 2 heterocycles. The highest BCUT2D eigenvalue weighted by Gasteiger charge is 2.10. The molecule has 94 valence electrons. The average molecular weight is 242 g/mol. The molecule has 2 aromatic heterocycles. The quantitative estimate of drug-likeness (QED) is 0.827. The van der Waals surface area contributed by atoms with E-state index in [1.54, 1.807) is 12.4 Å². The van der Waals surface area contributed by atoms with E-state index < -0.39 is 0 Å². The van der Waals surface area contributed by atoms with Crippen molar-refractivity contribution in [3.8, 4) is 0 Å². The number of hydrogen-bond acceptors (Lipinski definition) is 4. The molecule has 0 spiro atoms. The van der Waals surface area contributed by atoms with Gasteiger partial charge < -0.3 is 0 Å². The van der Waals surface area contributed by atoms with Crippen LogP contribution in [0.2, 0.25) is 0 Å². The van der Waals surface area contributed by atoms with Crippen LogP contribution in [-0.2, 0) is 6.42 Å². The number of nitrogens with zero attached hydrogens (tertiary/aromatic N) is 4. The van der Waals surface area contributed by atoms with E-state index in [4.69, 9.17) is 0 Å². The second-order valence-electron chi connectivity index (χ2n) is 4.83. The summed E-state index contributed by atoms with van der Waals surface area (Å²) in [6.45, 7) is 6.38. The van der Waals surface area contributed by atoms with Crippen LogP contribution in [0.3, 0.4) is 0 Å². The minimum Gasteiger partial charge on any atom is -0.261 e. The summed E-state index contributed by atoms with van der Waals surface area (Å²) in [6, 6.07) is 0. The molecular formula is C14H18N4. The number of rotatable bonds is 4. The molecule has 4 nitrogen and oxygen atoms in total. The van der Waals surface area contributed by atoms with Gasteiger partial charge in [-0.05, 0) is 12.3 Å². The summed E-state index contributed by atoms with van der Waals surface area (Å²) >= 11 is 0. The maximum Gasteiger partial charge on any atom is 0.0618 e. The predicted octanol–water partition coefficient (Wildman–Crippen LogP) is 2.74. The summed E-state index contributed by atoms with van der Waals surface area (Å²) in [5.74, 6) is 0.708. The lowest BCUT2D eigenvalue weighted by molar-refractivity contribution is 0.693. The highest BCUT2D eigenvalue weighted by Crippen LogP contribution is 2.17. The first-order chi connectivity index (χ1) is 8.66. The van der Waals surface area contributed by atoms with Crippen LogP contribution in [0, 0.1) is 0 Å². The van der Waals surface area contributed by atoms with Gasteiger partial charge in [-0.15, -0.1) is 0 Å². The van der Waals surface area contributed by atoms with Crippen molar-refractivity contribution >= 4 is 0 Å². The van der Waals surface area contributed by atoms with Crippen LogP contribution in [0.4, 0.5) is 0 Å². The summed E-state index contributed by atoms with van der Waals surface area (Å²) in [4.78, 5) is 17.3. The van der Waals surface area contributed by atoms with Gasteiger partial charge in [0.2, 0.25) is 0 Å². The zero-order chi connectivity index (χ0) is 13.0. The Hall–Kier alpha value is -1.84. The zero-order valence-electron chi connectivity index (χ0n) is 11.0. The molecular weight excluding hydrogens is 224 g/mol. The van der Waals surface area contributed by atoms with E-state index in [9.17, 15) is 0 Å². The molecule has 1 atom stereocenters. The predicted molar refractivity (Wildman–Crippen MR) is 70.3 cm³/mol. The molecule has 2 aromatic rings. The van der Waals surface area contributed by atoms with E-state index in [-0.39, 0.29) is 0 Å². The lowest BCUT2D eigenvalue weighted by atomic mass is 10.0. The smallest absolute Gasteiger partial charge is 0.0618 e. The summed E-state index contributed by atoms with van der Waals surface area (Å²) in [6.07, 6.45) is 9.73. The lowest BCUT2D eigenvalue weighted by Crippen LogP contribution is -2.05. The molecule has 2 rings (SSSR count). The zero-order valence-corrected chi connectivity index (χ0v) is 11.0. The van der Waals surface area contributed by atoms with E-state index in [2.05, 4.69) is 40.7 Å². The molecule has 0 aliphatic carbocycles. The van der Waals surface area contributed by atoms with Crippen LogP contribution < -0.4 is 0 Å². The van der Waals surface area contributed by atoms with Crippen LogP contribution >= 0.6 is 0 Å². The Morgan fingerprint density at radius 3 is 2.39 bits per heavy atom. The Morgan fingerprint density at radius 1 is 0.944 bits per heavy atom. The van der Waals surface area contributed by atoms with Crippen molar-refractivity contribution in [3.05, 3.63) is 48.1 Å². The van der Waals surface area contributed by atoms with Crippen molar-refractivity contribution in [2.24, 2.45) is 0 Å². The van der Waals surface area contributed by atoms with E-state index in [1.807, 2.05) is 18.6 Å². The van der Waals surface area contributed by atoms with Crippen molar-refractivity contribution in [2.75, 3.05) is 0 Å². The van der Waals surface area contributed by atoms with E-state index in [0.29, 0.717) is 11.8 Å². The summed E-state index contributed by atoms with van der Waals surface area (Å²) in [5, 5.41) is 0. The van der Waals surface area contributed by atoms with Crippen molar-refractivity contribution in [2.45, 2.75) is 39.0 Å². The fourth-order valence-electron chi connectivity index (χ4n) is 1.78. The van der Waals surface area contributed by atoms with Crippen LogP contribution in [0.15, 0.2) is 31.0 Å². The summed E-state index contributed by atoms with van der Waals surface area (Å²) in [5.41, 5.74) is 3.05. The van der Waals surface area contributed by atoms with Gasteiger partial charge in [0, 0.05) is 36.9 Å². The largest absolute Gasteiger partial charge is 0.261 e. The fourth-order valence-corrected chi connectivity index (χ4v) is 1.78. The Labute approximate surface area is 108 Å². The minimum absolute atomic E-state index is 0.301. The third-order valence-corrected chi connectivity index (χ3v) is 2.90. The van der Waals surface area contributed by atoms with Gasteiger partial charge in [-0.2, -0.15) is 0 Å². The highest BCUT2D eigenvalue weighted by atomic mass is 14.8. The van der Waals surface area contributed by atoms with Gasteiger partial charge in [-0.25, -0.2) is 0 Å². The van der Waals surface area contributed by atoms with E-state index in [0.717, 1.165) is 23.5 Å². The molecule has 0 N–H and O–H groups in total. The Morgan fingerprint density at radius 2 is 1.72 bits per heavy atom. The molecule has 0 bridgehead atoms. The highest BCUT2D eigenvalue weighted by molar-refractivity contribution is 5.11. The van der Waals surface area contributed by atoms with E-state index in [1.165, 1.54) is 0 Å². The van der Waals surface area contributed by atoms with Gasteiger partial charge in [-0.3, -0.25) is 19.9 Å². The molecule has 0 saturated carbocycles. The second kappa shape index (κ2) is 5.67. The second-order valence-corrected chi connectivity index (χ2v) is 4.83. The Kier molecular flexibility index (Phi) is 3.97. The molecule has 1 unspecified atom stereocenters. The van der Waals surface area contributed by atoms with Crippen molar-refractivity contribution in [1.82, 2.24) is 19.9 Å². The van der Waals surface area contributed by atoms with Gasteiger partial charge in [-0.1, -0.05) is 20.8 Å². The minimum atomic E-state index is 0.301. The van der Waals surface area contributed by atoms with Crippen molar-refractivity contribution < 1.29 is 0 Å². The van der Waals surface area contributed by atoms with Gasteiger partial charge in [0.15, 0.2) is 0 Å². The van der Waals surface area contributed by atoms with Gasteiger partial charge >= 0.3 is 0 Å². The fraction of sp³-hybridized carbons (Fsp3) is 0.429. The Bertz CT molecular complexity index is 496. The normalized spacial score (nSPS) is 12.7. The molecule has 0 aliphatic rings. The van der Waals surface area contributed by atoms with Gasteiger partial charge in [0.25, 0.3) is 0 Å². The van der Waals surface area contributed by atoms with Gasteiger partial charge in [0.1, 0.15) is 0 Å². The molecule has 0 saturated heterocycles. The molecule has 18 heavy (non-hydrogen) atoms. The topological polar surface area (TPSA) is 51.6 Å². The summed E-state index contributed by atoms with van der Waals surface area (Å²) in [7, 11) is 0. The average Bonchev–Trinajstić information content (AvgIpc) is 2.40. The summed E-state index contributed by atoms with van der Waals surface area (Å²) < 4.78 is 0. The third-order valence-electron chi connectivity index (χ3n) is 2.90. The molecule has 0 fully saturated rings. The number of hydrogen-bond donors (Lipinski definition) is 0. The first-order valence-corrected chi connectivity index (χ1v) is 6.23. The first kappa shape index (κ1) is 12.6. The maximum absolute atomic E-state index is 4.63. The van der Waals surface area contributed by atoms with Crippen molar-refractivity contribution in [1.29, 1.82) is 0 Å². The molecule has 4 heteroatoms. The third kappa shape index (κ3) is 3.09. The van der Waals surface area contributed by atoms with Crippen LogP contribution in [0.5, 0.6) is 0 Å². The Balaban J connectivity index is 2.12. The number of aromatic nitrogens is 4. The standard InChI is InChI=1S/C14H18N4/c1-10(2)13-8-16-7-12(18-13)6-11(3)14-9-15-4-5-17-14/h4-5,7-11H,6H2,1-3H3. The monoisotopic (exact) mass is 242 g/mol. The molecule has 0 aliphatic heterocycles. The van der Waals surface area contributed by atoms with Gasteiger partial charge in [0.05, 0.1) is 17.1 Å². The molecule has 0 amide bonds. The van der Waals surface area contributed by atoms with Crippen LogP contribution in [0.25, 0.3) is 0 Å². The van der Waals surface area contributed by atoms with Crippen LogP contribution in [-0.4, -0.2) is 19.9 Å². The maximum atomic E-state index is 4.63. The molecule has 0 aromatic carbocycles. The lowest BCUT2D eigenvalue weighted by Gasteiger charge is -2.11. The van der Waals surface area contributed by atoms with Crippen LogP contribution in [0.1, 0.15) is 49.7 Å². The molecule has 0 radical (unpaired) electrons. The first-order valence-electron chi connectivity index (χ1n) is 6.23. The van der Waals surface area contributed by atoms with Crippen molar-refractivity contribution in [3.63, 3.8) is 0 Å².